The Bertz CT molecular complexity index is 643. The molecule has 29 heavy (non-hydrogen) atoms. The SMILES string of the molecule is COCCNC(=O)CN1CCN(C(C(=O)N2CCOCC2)c2ccccc2)CC1. The number of nitrogens with one attached hydrogen (secondary N) is 1. The molecule has 1 aromatic carbocycles. The van der Waals surface area contributed by atoms with Crippen molar-refractivity contribution in [1.82, 2.24) is 20.0 Å². The second-order valence-corrected chi connectivity index (χ2v) is 7.41. The second-order valence-electron chi connectivity index (χ2n) is 7.41. The number of benzene rings is 1. The van der Waals surface area contributed by atoms with E-state index in [0.717, 1.165) is 31.7 Å². The summed E-state index contributed by atoms with van der Waals surface area (Å²) in [6.07, 6.45) is 0. The average Bonchev–Trinajstić information content (AvgIpc) is 2.76. The number of methoxy groups -OCH3 is 1. The van der Waals surface area contributed by atoms with Gasteiger partial charge in [-0.15, -0.1) is 0 Å². The Kier molecular flexibility index (Phi) is 8.42. The molecule has 2 saturated heterocycles. The fourth-order valence-electron chi connectivity index (χ4n) is 3.83. The van der Waals surface area contributed by atoms with Crippen LogP contribution in [0.25, 0.3) is 0 Å². The third kappa shape index (κ3) is 6.24. The van der Waals surface area contributed by atoms with E-state index in [-0.39, 0.29) is 17.9 Å². The summed E-state index contributed by atoms with van der Waals surface area (Å²) in [5.41, 5.74) is 1.02. The minimum Gasteiger partial charge on any atom is -0.383 e. The average molecular weight is 405 g/mol. The van der Waals surface area contributed by atoms with Crippen LogP contribution in [-0.2, 0) is 19.1 Å². The van der Waals surface area contributed by atoms with Gasteiger partial charge in [0.25, 0.3) is 0 Å². The van der Waals surface area contributed by atoms with Crippen molar-refractivity contribution in [2.45, 2.75) is 6.04 Å². The predicted octanol–water partition coefficient (Wildman–Crippen LogP) is -0.0333. The molecule has 2 fully saturated rings. The summed E-state index contributed by atoms with van der Waals surface area (Å²) in [5, 5.41) is 2.86. The van der Waals surface area contributed by atoms with Crippen molar-refractivity contribution in [3.8, 4) is 0 Å². The summed E-state index contributed by atoms with van der Waals surface area (Å²) in [7, 11) is 1.62. The van der Waals surface area contributed by atoms with Gasteiger partial charge in [-0.3, -0.25) is 19.4 Å². The number of ether oxygens (including phenoxy) is 2. The number of morpholine rings is 1. The monoisotopic (exact) mass is 404 g/mol. The van der Waals surface area contributed by atoms with Gasteiger partial charge < -0.3 is 19.7 Å². The summed E-state index contributed by atoms with van der Waals surface area (Å²) < 4.78 is 10.4. The largest absolute Gasteiger partial charge is 0.383 e. The molecule has 2 aliphatic rings. The van der Waals surface area contributed by atoms with Crippen LogP contribution in [0.15, 0.2) is 30.3 Å². The fourth-order valence-corrected chi connectivity index (χ4v) is 3.83. The van der Waals surface area contributed by atoms with Crippen molar-refractivity contribution in [2.24, 2.45) is 0 Å². The van der Waals surface area contributed by atoms with Gasteiger partial charge in [0.05, 0.1) is 26.4 Å². The fraction of sp³-hybridized carbons (Fsp3) is 0.619. The molecule has 3 rings (SSSR count). The zero-order valence-electron chi connectivity index (χ0n) is 17.2. The third-order valence-electron chi connectivity index (χ3n) is 5.44. The molecule has 2 heterocycles. The smallest absolute Gasteiger partial charge is 0.244 e. The van der Waals surface area contributed by atoms with Gasteiger partial charge in [-0.05, 0) is 5.56 Å². The van der Waals surface area contributed by atoms with E-state index in [1.54, 1.807) is 7.11 Å². The number of carbonyl (C=O) groups is 2. The van der Waals surface area contributed by atoms with Crippen molar-refractivity contribution in [3.05, 3.63) is 35.9 Å². The van der Waals surface area contributed by atoms with Crippen molar-refractivity contribution in [1.29, 1.82) is 0 Å². The molecule has 1 aromatic rings. The van der Waals surface area contributed by atoms with Crippen LogP contribution >= 0.6 is 0 Å². The molecular weight excluding hydrogens is 372 g/mol. The summed E-state index contributed by atoms with van der Waals surface area (Å²) in [6.45, 7) is 6.93. The molecular formula is C21H32N4O4. The maximum atomic E-state index is 13.3. The Morgan fingerprint density at radius 1 is 1.07 bits per heavy atom. The first-order valence-electron chi connectivity index (χ1n) is 10.3. The van der Waals surface area contributed by atoms with E-state index in [9.17, 15) is 9.59 Å². The minimum absolute atomic E-state index is 0.0134. The summed E-state index contributed by atoms with van der Waals surface area (Å²) in [4.78, 5) is 31.7. The lowest BCUT2D eigenvalue weighted by Gasteiger charge is -2.40. The van der Waals surface area contributed by atoms with Gasteiger partial charge in [0, 0.05) is 52.9 Å². The Morgan fingerprint density at radius 3 is 2.41 bits per heavy atom. The molecule has 0 radical (unpaired) electrons. The van der Waals surface area contributed by atoms with E-state index in [4.69, 9.17) is 9.47 Å². The Morgan fingerprint density at radius 2 is 1.76 bits per heavy atom. The maximum absolute atomic E-state index is 13.3. The van der Waals surface area contributed by atoms with Crippen LogP contribution in [0.2, 0.25) is 0 Å². The highest BCUT2D eigenvalue weighted by molar-refractivity contribution is 5.83. The molecule has 0 spiro atoms. The van der Waals surface area contributed by atoms with E-state index >= 15 is 0 Å². The zero-order chi connectivity index (χ0) is 20.5. The number of hydrogen-bond acceptors (Lipinski definition) is 6. The molecule has 2 aliphatic heterocycles. The number of carbonyl (C=O) groups excluding carboxylic acids is 2. The quantitative estimate of drug-likeness (QED) is 0.614. The lowest BCUT2D eigenvalue weighted by atomic mass is 10.0. The molecule has 160 valence electrons. The molecule has 1 atom stereocenters. The Hall–Kier alpha value is -2.00. The van der Waals surface area contributed by atoms with Gasteiger partial charge in [-0.25, -0.2) is 0 Å². The number of nitrogens with zero attached hydrogens (tertiary/aromatic N) is 3. The molecule has 0 aromatic heterocycles. The van der Waals surface area contributed by atoms with Crippen LogP contribution in [-0.4, -0.2) is 106 Å². The van der Waals surface area contributed by atoms with E-state index in [2.05, 4.69) is 15.1 Å². The number of piperazine rings is 1. The van der Waals surface area contributed by atoms with Crippen LogP contribution in [0.5, 0.6) is 0 Å². The first-order chi connectivity index (χ1) is 14.2. The standard InChI is InChI=1S/C21H32N4O4/c1-28-14-7-22-19(26)17-23-8-10-24(11-9-23)20(18-5-3-2-4-6-18)21(27)25-12-15-29-16-13-25/h2-6,20H,7-17H2,1H3,(H,22,26). The highest BCUT2D eigenvalue weighted by Gasteiger charge is 2.34. The molecule has 0 bridgehead atoms. The van der Waals surface area contributed by atoms with Gasteiger partial charge in [0.15, 0.2) is 0 Å². The zero-order valence-corrected chi connectivity index (χ0v) is 17.2. The lowest BCUT2D eigenvalue weighted by Crippen LogP contribution is -2.54. The maximum Gasteiger partial charge on any atom is 0.244 e. The minimum atomic E-state index is -0.285. The molecule has 2 amide bonds. The molecule has 0 aliphatic carbocycles. The predicted molar refractivity (Wildman–Crippen MR) is 109 cm³/mol. The van der Waals surface area contributed by atoms with Gasteiger partial charge >= 0.3 is 0 Å². The van der Waals surface area contributed by atoms with Gasteiger partial charge in [-0.2, -0.15) is 0 Å². The van der Waals surface area contributed by atoms with Gasteiger partial charge in [0.2, 0.25) is 11.8 Å². The molecule has 1 unspecified atom stereocenters. The van der Waals surface area contributed by atoms with Crippen LogP contribution in [0.1, 0.15) is 11.6 Å². The van der Waals surface area contributed by atoms with Crippen molar-refractivity contribution >= 4 is 11.8 Å². The molecule has 8 nitrogen and oxygen atoms in total. The number of hydrogen-bond donors (Lipinski definition) is 1. The Balaban J connectivity index is 1.59. The van der Waals surface area contributed by atoms with Crippen molar-refractivity contribution in [3.63, 3.8) is 0 Å². The second kappa shape index (κ2) is 11.3. The molecule has 1 N–H and O–H groups in total. The highest BCUT2D eigenvalue weighted by Crippen LogP contribution is 2.25. The summed E-state index contributed by atoms with van der Waals surface area (Å²) in [5.74, 6) is 0.157. The van der Waals surface area contributed by atoms with E-state index < -0.39 is 0 Å². The van der Waals surface area contributed by atoms with Crippen molar-refractivity contribution in [2.75, 3.05) is 79.3 Å². The van der Waals surface area contributed by atoms with Crippen molar-refractivity contribution < 1.29 is 19.1 Å². The third-order valence-corrected chi connectivity index (χ3v) is 5.44. The first kappa shape index (κ1) is 21.7. The van der Waals surface area contributed by atoms with Crippen LogP contribution in [0, 0.1) is 0 Å². The lowest BCUT2D eigenvalue weighted by molar-refractivity contribution is -0.142. The Labute approximate surface area is 172 Å². The topological polar surface area (TPSA) is 74.4 Å². The van der Waals surface area contributed by atoms with Gasteiger partial charge in [0.1, 0.15) is 6.04 Å². The highest BCUT2D eigenvalue weighted by atomic mass is 16.5. The molecule has 8 heteroatoms. The number of rotatable bonds is 8. The van der Waals surface area contributed by atoms with Crippen LogP contribution in [0.3, 0.4) is 0 Å². The summed E-state index contributed by atoms with van der Waals surface area (Å²) in [6, 6.07) is 9.70. The van der Waals surface area contributed by atoms with Gasteiger partial charge in [-0.1, -0.05) is 30.3 Å². The summed E-state index contributed by atoms with van der Waals surface area (Å²) >= 11 is 0. The number of amides is 2. The first-order valence-corrected chi connectivity index (χ1v) is 10.3. The van der Waals surface area contributed by atoms with Crippen LogP contribution in [0.4, 0.5) is 0 Å². The molecule has 0 saturated carbocycles. The van der Waals surface area contributed by atoms with E-state index in [1.807, 2.05) is 35.2 Å². The van der Waals surface area contributed by atoms with E-state index in [0.29, 0.717) is 46.0 Å². The normalized spacial score (nSPS) is 19.7. The van der Waals surface area contributed by atoms with E-state index in [1.165, 1.54) is 0 Å². The van der Waals surface area contributed by atoms with Crippen LogP contribution < -0.4 is 5.32 Å².